The molecule has 0 saturated carbocycles. The zero-order valence-electron chi connectivity index (χ0n) is 8.95. The van der Waals surface area contributed by atoms with E-state index in [4.69, 9.17) is 0 Å². The molecule has 4 unspecified atom stereocenters. The smallest absolute Gasteiger partial charge is 0.209 e. The highest BCUT2D eigenvalue weighted by Crippen LogP contribution is 2.08. The Morgan fingerprint density at radius 3 is 2.00 bits per heavy atom. The summed E-state index contributed by atoms with van der Waals surface area (Å²) in [6.07, 6.45) is -4.48. The van der Waals surface area contributed by atoms with Crippen LogP contribution in [0.1, 0.15) is 13.3 Å². The van der Waals surface area contributed by atoms with Crippen LogP contribution in [0.5, 0.6) is 0 Å². The zero-order chi connectivity index (χ0) is 12.0. The van der Waals surface area contributed by atoms with E-state index in [0.29, 0.717) is 6.41 Å². The van der Waals surface area contributed by atoms with E-state index in [1.165, 1.54) is 7.05 Å². The summed E-state index contributed by atoms with van der Waals surface area (Å²) >= 11 is 0. The Hall–Kier alpha value is -0.690. The first kappa shape index (κ1) is 14.3. The Bertz CT molecular complexity index is 189. The highest BCUT2D eigenvalue weighted by Gasteiger charge is 2.29. The Balaban J connectivity index is 4.17. The maximum absolute atomic E-state index is 10.2. The minimum absolute atomic E-state index is 0.0990. The summed E-state index contributed by atoms with van der Waals surface area (Å²) in [7, 11) is 1.44. The molecule has 6 nitrogen and oxygen atoms in total. The molecule has 0 spiro atoms. The lowest BCUT2D eigenvalue weighted by molar-refractivity contribution is -0.125. The van der Waals surface area contributed by atoms with Crippen molar-refractivity contribution < 1.29 is 25.2 Å². The summed E-state index contributed by atoms with van der Waals surface area (Å²) in [6, 6.07) is 0. The van der Waals surface area contributed by atoms with Crippen molar-refractivity contribution in [2.45, 2.75) is 37.8 Å². The lowest BCUT2D eigenvalue weighted by atomic mass is 10.0. The van der Waals surface area contributed by atoms with Crippen LogP contribution in [-0.4, -0.2) is 69.7 Å². The standard InChI is InChI=1S/C9H19NO5/c1-3-6(12)8(14)9(15)7(13)4-10(2)5-11/h5-9,12-15H,3-4H2,1-2H3. The van der Waals surface area contributed by atoms with E-state index in [1.807, 2.05) is 0 Å². The first-order valence-electron chi connectivity index (χ1n) is 4.81. The fourth-order valence-corrected chi connectivity index (χ4v) is 1.14. The molecule has 0 bridgehead atoms. The van der Waals surface area contributed by atoms with Crippen LogP contribution in [0.2, 0.25) is 0 Å². The third kappa shape index (κ3) is 4.57. The minimum Gasteiger partial charge on any atom is -0.390 e. The van der Waals surface area contributed by atoms with Gasteiger partial charge in [-0.05, 0) is 6.42 Å². The van der Waals surface area contributed by atoms with E-state index in [0.717, 1.165) is 4.90 Å². The SMILES string of the molecule is CCC(O)C(O)C(O)C(O)CN(C)C=O. The van der Waals surface area contributed by atoms with Crippen molar-refractivity contribution in [3.8, 4) is 0 Å². The molecule has 0 fully saturated rings. The molecular formula is C9H19NO5. The van der Waals surface area contributed by atoms with Gasteiger partial charge in [-0.3, -0.25) is 4.79 Å². The quantitative estimate of drug-likeness (QED) is 0.370. The molecule has 1 amide bonds. The Kier molecular flexibility index (Phi) is 6.42. The van der Waals surface area contributed by atoms with Crippen molar-refractivity contribution in [3.05, 3.63) is 0 Å². The van der Waals surface area contributed by atoms with E-state index in [2.05, 4.69) is 0 Å². The Labute approximate surface area is 88.8 Å². The van der Waals surface area contributed by atoms with E-state index in [-0.39, 0.29) is 13.0 Å². The molecule has 0 aromatic heterocycles. The highest BCUT2D eigenvalue weighted by molar-refractivity contribution is 5.46. The molecule has 0 radical (unpaired) electrons. The van der Waals surface area contributed by atoms with Crippen molar-refractivity contribution in [3.63, 3.8) is 0 Å². The van der Waals surface area contributed by atoms with Gasteiger partial charge in [0.05, 0.1) is 6.10 Å². The highest BCUT2D eigenvalue weighted by atomic mass is 16.4. The largest absolute Gasteiger partial charge is 0.390 e. The van der Waals surface area contributed by atoms with Gasteiger partial charge in [-0.15, -0.1) is 0 Å². The summed E-state index contributed by atoms with van der Waals surface area (Å²) in [5.41, 5.74) is 0. The van der Waals surface area contributed by atoms with E-state index < -0.39 is 24.4 Å². The van der Waals surface area contributed by atoms with Gasteiger partial charge in [-0.2, -0.15) is 0 Å². The first-order chi connectivity index (χ1) is 6.93. The molecule has 6 heteroatoms. The van der Waals surface area contributed by atoms with Crippen LogP contribution in [0.25, 0.3) is 0 Å². The first-order valence-corrected chi connectivity index (χ1v) is 4.81. The van der Waals surface area contributed by atoms with Crippen LogP contribution >= 0.6 is 0 Å². The summed E-state index contributed by atoms with van der Waals surface area (Å²) in [5.74, 6) is 0. The number of likely N-dealkylation sites (N-methyl/N-ethyl adjacent to an activating group) is 1. The van der Waals surface area contributed by atoms with Crippen LogP contribution in [0, 0.1) is 0 Å². The molecule has 15 heavy (non-hydrogen) atoms. The molecule has 0 aromatic rings. The fourth-order valence-electron chi connectivity index (χ4n) is 1.14. The molecule has 0 rings (SSSR count). The maximum atomic E-state index is 10.2. The average molecular weight is 221 g/mol. The number of hydrogen-bond acceptors (Lipinski definition) is 5. The summed E-state index contributed by atoms with van der Waals surface area (Å²) in [4.78, 5) is 11.4. The number of amides is 1. The topological polar surface area (TPSA) is 101 Å². The van der Waals surface area contributed by atoms with Crippen molar-refractivity contribution in [2.24, 2.45) is 0 Å². The number of carbonyl (C=O) groups excluding carboxylic acids is 1. The van der Waals surface area contributed by atoms with E-state index >= 15 is 0 Å². The van der Waals surface area contributed by atoms with Gasteiger partial charge in [-0.1, -0.05) is 6.92 Å². The lowest BCUT2D eigenvalue weighted by Gasteiger charge is -2.27. The molecule has 0 aliphatic heterocycles. The van der Waals surface area contributed by atoms with E-state index in [1.54, 1.807) is 6.92 Å². The number of aliphatic hydroxyl groups excluding tert-OH is 4. The number of rotatable bonds is 7. The summed E-state index contributed by atoms with van der Waals surface area (Å²) in [6.45, 7) is 1.54. The second-order valence-corrected chi connectivity index (χ2v) is 3.57. The Morgan fingerprint density at radius 1 is 1.13 bits per heavy atom. The normalized spacial score (nSPS) is 19.1. The van der Waals surface area contributed by atoms with Gasteiger partial charge in [0.25, 0.3) is 0 Å². The molecule has 0 aromatic carbocycles. The molecule has 90 valence electrons. The Morgan fingerprint density at radius 2 is 1.60 bits per heavy atom. The summed E-state index contributed by atoms with van der Waals surface area (Å²) in [5, 5.41) is 37.5. The molecule has 0 aliphatic rings. The second-order valence-electron chi connectivity index (χ2n) is 3.57. The predicted molar refractivity (Wildman–Crippen MR) is 53.0 cm³/mol. The molecule has 4 N–H and O–H groups in total. The van der Waals surface area contributed by atoms with Crippen molar-refractivity contribution in [1.29, 1.82) is 0 Å². The lowest BCUT2D eigenvalue weighted by Crippen LogP contribution is -2.47. The van der Waals surface area contributed by atoms with Gasteiger partial charge >= 0.3 is 0 Å². The van der Waals surface area contributed by atoms with Crippen LogP contribution in [-0.2, 0) is 4.79 Å². The molecule has 0 saturated heterocycles. The van der Waals surface area contributed by atoms with Gasteiger partial charge in [0.15, 0.2) is 0 Å². The van der Waals surface area contributed by atoms with Crippen LogP contribution in [0.4, 0.5) is 0 Å². The molecular weight excluding hydrogens is 202 g/mol. The van der Waals surface area contributed by atoms with E-state index in [9.17, 15) is 25.2 Å². The third-order valence-electron chi connectivity index (χ3n) is 2.21. The molecule has 0 heterocycles. The maximum Gasteiger partial charge on any atom is 0.209 e. The molecule has 4 atom stereocenters. The van der Waals surface area contributed by atoms with Crippen LogP contribution < -0.4 is 0 Å². The van der Waals surface area contributed by atoms with Crippen LogP contribution in [0.15, 0.2) is 0 Å². The van der Waals surface area contributed by atoms with Gasteiger partial charge in [0, 0.05) is 13.6 Å². The van der Waals surface area contributed by atoms with Gasteiger partial charge in [0.2, 0.25) is 6.41 Å². The van der Waals surface area contributed by atoms with Crippen molar-refractivity contribution in [2.75, 3.05) is 13.6 Å². The van der Waals surface area contributed by atoms with Crippen LogP contribution in [0.3, 0.4) is 0 Å². The van der Waals surface area contributed by atoms with Gasteiger partial charge in [0.1, 0.15) is 18.3 Å². The van der Waals surface area contributed by atoms with Gasteiger partial charge < -0.3 is 25.3 Å². The van der Waals surface area contributed by atoms with Crippen molar-refractivity contribution in [1.82, 2.24) is 4.90 Å². The monoisotopic (exact) mass is 221 g/mol. The number of aliphatic hydroxyl groups is 4. The number of hydrogen-bond donors (Lipinski definition) is 4. The number of carbonyl (C=O) groups is 1. The predicted octanol–water partition coefficient (Wildman–Crippen LogP) is -2.07. The molecule has 0 aliphatic carbocycles. The zero-order valence-corrected chi connectivity index (χ0v) is 8.95. The third-order valence-corrected chi connectivity index (χ3v) is 2.21. The minimum atomic E-state index is -1.47. The number of nitrogens with zero attached hydrogens (tertiary/aromatic N) is 1. The second kappa shape index (κ2) is 6.73. The van der Waals surface area contributed by atoms with Crippen molar-refractivity contribution >= 4 is 6.41 Å². The average Bonchev–Trinajstić information content (AvgIpc) is 2.25. The fraction of sp³-hybridized carbons (Fsp3) is 0.889. The summed E-state index contributed by atoms with van der Waals surface area (Å²) < 4.78 is 0. The van der Waals surface area contributed by atoms with Gasteiger partial charge in [-0.25, -0.2) is 0 Å².